The fourth-order valence-corrected chi connectivity index (χ4v) is 2.97. The second-order valence-corrected chi connectivity index (χ2v) is 6.53. The third kappa shape index (κ3) is 7.61. The number of hydrogen-bond acceptors (Lipinski definition) is 7. The van der Waals surface area contributed by atoms with Gasteiger partial charge in [-0.1, -0.05) is 24.2 Å². The number of hydroxylamine groups is 2. The van der Waals surface area contributed by atoms with E-state index in [0.717, 1.165) is 24.2 Å². The lowest BCUT2D eigenvalue weighted by molar-refractivity contribution is -0.159. The summed E-state index contributed by atoms with van der Waals surface area (Å²) in [5, 5.41) is 12.6. The van der Waals surface area contributed by atoms with Gasteiger partial charge in [-0.25, -0.2) is 14.8 Å². The number of ether oxygens (including phenoxy) is 1. The average molecular weight is 371 g/mol. The number of unbranched alkanes of at least 4 members (excludes halogenated alkanes) is 3. The maximum Gasteiger partial charge on any atom is 0.350 e. The molecule has 2 N–H and O–H groups in total. The van der Waals surface area contributed by atoms with Crippen molar-refractivity contribution in [2.24, 2.45) is 0 Å². The summed E-state index contributed by atoms with van der Waals surface area (Å²) in [5.74, 6) is -0.898. The summed E-state index contributed by atoms with van der Waals surface area (Å²) in [6.07, 6.45) is 3.66. The van der Waals surface area contributed by atoms with Gasteiger partial charge in [-0.3, -0.25) is 14.8 Å². The topological polar surface area (TPSA) is 109 Å². The zero-order valence-corrected chi connectivity index (χ0v) is 15.6. The van der Waals surface area contributed by atoms with Gasteiger partial charge in [-0.2, -0.15) is 0 Å². The van der Waals surface area contributed by atoms with Crippen LogP contribution < -0.4 is 5.32 Å². The summed E-state index contributed by atoms with van der Waals surface area (Å²) >= 11 is 1.11. The van der Waals surface area contributed by atoms with E-state index in [1.54, 1.807) is 13.8 Å². The predicted molar refractivity (Wildman–Crippen MR) is 93.7 cm³/mol. The van der Waals surface area contributed by atoms with Gasteiger partial charge in [0.1, 0.15) is 4.88 Å². The Morgan fingerprint density at radius 3 is 2.44 bits per heavy atom. The van der Waals surface area contributed by atoms with E-state index in [4.69, 9.17) is 9.94 Å². The van der Waals surface area contributed by atoms with Crippen LogP contribution in [0.1, 0.15) is 60.8 Å². The predicted octanol–water partition coefficient (Wildman–Crippen LogP) is 2.75. The lowest BCUT2D eigenvalue weighted by Crippen LogP contribution is -2.21. The maximum atomic E-state index is 11.9. The Bertz CT molecular complexity index is 601. The molecule has 0 aliphatic heterocycles. The van der Waals surface area contributed by atoms with Gasteiger partial charge in [-0.05, 0) is 26.7 Å². The van der Waals surface area contributed by atoms with Crippen LogP contribution in [0.4, 0.5) is 5.13 Å². The number of aromatic nitrogens is 1. The number of hydrogen-bond donors (Lipinski definition) is 2. The number of carbonyl (C=O) groups excluding carboxylic acids is 3. The summed E-state index contributed by atoms with van der Waals surface area (Å²) in [5.41, 5.74) is 0.539. The SMILES string of the molecule is CCOC(=O)c1sc(NC(=O)CCCCCCC(=O)N(C)O)nc1C. The number of aryl methyl sites for hydroxylation is 1. The first kappa shape index (κ1) is 21.0. The summed E-state index contributed by atoms with van der Waals surface area (Å²) in [7, 11) is 1.31. The number of nitrogens with zero attached hydrogens (tertiary/aromatic N) is 2. The van der Waals surface area contributed by atoms with Crippen LogP contribution in [0.25, 0.3) is 0 Å². The Hall–Kier alpha value is -2.00. The van der Waals surface area contributed by atoms with Crippen molar-refractivity contribution in [3.8, 4) is 0 Å². The van der Waals surface area contributed by atoms with Crippen molar-refractivity contribution in [2.45, 2.75) is 52.4 Å². The molecule has 1 heterocycles. The molecule has 0 aromatic carbocycles. The van der Waals surface area contributed by atoms with Crippen molar-refractivity contribution < 1.29 is 24.3 Å². The van der Waals surface area contributed by atoms with Crippen LogP contribution in [0.3, 0.4) is 0 Å². The maximum absolute atomic E-state index is 11.9. The molecular formula is C16H25N3O5S. The van der Waals surface area contributed by atoms with Crippen molar-refractivity contribution in [3.63, 3.8) is 0 Å². The summed E-state index contributed by atoms with van der Waals surface area (Å²) in [6, 6.07) is 0. The van der Waals surface area contributed by atoms with Gasteiger partial charge in [0.2, 0.25) is 11.8 Å². The number of carbonyl (C=O) groups is 3. The Morgan fingerprint density at radius 1 is 1.20 bits per heavy atom. The molecular weight excluding hydrogens is 346 g/mol. The standard InChI is InChI=1S/C16H25N3O5S/c1-4-24-15(22)14-11(2)17-16(25-14)18-12(20)9-7-5-6-8-10-13(21)19(3)23/h23H,4-10H2,1-3H3,(H,17,18,20). The number of nitrogens with one attached hydrogen (secondary N) is 1. The van der Waals surface area contributed by atoms with Crippen LogP contribution in [0.5, 0.6) is 0 Å². The van der Waals surface area contributed by atoms with Crippen LogP contribution in [-0.2, 0) is 14.3 Å². The lowest BCUT2D eigenvalue weighted by atomic mass is 10.1. The van der Waals surface area contributed by atoms with Crippen molar-refractivity contribution in [3.05, 3.63) is 10.6 Å². The normalized spacial score (nSPS) is 10.4. The molecule has 0 saturated heterocycles. The van der Waals surface area contributed by atoms with E-state index >= 15 is 0 Å². The molecule has 0 unspecified atom stereocenters. The van der Waals surface area contributed by atoms with Crippen LogP contribution >= 0.6 is 11.3 Å². The quantitative estimate of drug-likeness (QED) is 0.283. The first-order chi connectivity index (χ1) is 11.8. The van der Waals surface area contributed by atoms with Crippen molar-refractivity contribution in [1.29, 1.82) is 0 Å². The van der Waals surface area contributed by atoms with E-state index in [1.807, 2.05) is 0 Å². The first-order valence-electron chi connectivity index (χ1n) is 8.25. The molecule has 2 amide bonds. The van der Waals surface area contributed by atoms with Crippen molar-refractivity contribution in [1.82, 2.24) is 10.0 Å². The van der Waals surface area contributed by atoms with Crippen LogP contribution in [0, 0.1) is 6.92 Å². The zero-order chi connectivity index (χ0) is 18.8. The summed E-state index contributed by atoms with van der Waals surface area (Å²) in [4.78, 5) is 39.4. The molecule has 0 aliphatic rings. The molecule has 1 rings (SSSR count). The molecule has 0 saturated carbocycles. The van der Waals surface area contributed by atoms with Crippen LogP contribution in [0.15, 0.2) is 0 Å². The van der Waals surface area contributed by atoms with Gasteiger partial charge in [0, 0.05) is 19.9 Å². The Labute approximate surface area is 151 Å². The molecule has 0 fully saturated rings. The fourth-order valence-electron chi connectivity index (χ4n) is 2.09. The number of amides is 2. The second kappa shape index (κ2) is 10.8. The monoisotopic (exact) mass is 371 g/mol. The minimum absolute atomic E-state index is 0.157. The van der Waals surface area contributed by atoms with E-state index in [-0.39, 0.29) is 18.4 Å². The molecule has 8 nitrogen and oxygen atoms in total. The molecule has 9 heteroatoms. The molecule has 0 aliphatic carbocycles. The van der Waals surface area contributed by atoms with E-state index in [1.165, 1.54) is 7.05 Å². The average Bonchev–Trinajstić information content (AvgIpc) is 2.90. The Balaban J connectivity index is 2.28. The highest BCUT2D eigenvalue weighted by molar-refractivity contribution is 7.17. The highest BCUT2D eigenvalue weighted by atomic mass is 32.1. The van der Waals surface area contributed by atoms with Gasteiger partial charge in [0.15, 0.2) is 5.13 Å². The molecule has 0 spiro atoms. The second-order valence-electron chi connectivity index (χ2n) is 5.53. The summed E-state index contributed by atoms with van der Waals surface area (Å²) < 4.78 is 4.94. The molecule has 0 radical (unpaired) electrons. The number of esters is 1. The van der Waals surface area contributed by atoms with Gasteiger partial charge < -0.3 is 10.1 Å². The summed E-state index contributed by atoms with van der Waals surface area (Å²) in [6.45, 7) is 3.72. The van der Waals surface area contributed by atoms with Crippen LogP contribution in [0.2, 0.25) is 0 Å². The first-order valence-corrected chi connectivity index (χ1v) is 9.06. The number of thiazole rings is 1. The lowest BCUT2D eigenvalue weighted by Gasteiger charge is -2.07. The van der Waals surface area contributed by atoms with Gasteiger partial charge in [0.05, 0.1) is 12.3 Å². The zero-order valence-electron chi connectivity index (χ0n) is 14.8. The molecule has 25 heavy (non-hydrogen) atoms. The number of anilines is 1. The molecule has 0 bridgehead atoms. The minimum Gasteiger partial charge on any atom is -0.462 e. The molecule has 1 aromatic heterocycles. The third-order valence-electron chi connectivity index (χ3n) is 3.41. The van der Waals surface area contributed by atoms with Gasteiger partial charge in [-0.15, -0.1) is 0 Å². The Morgan fingerprint density at radius 2 is 1.84 bits per heavy atom. The largest absolute Gasteiger partial charge is 0.462 e. The highest BCUT2D eigenvalue weighted by Gasteiger charge is 2.17. The Kier molecular flexibility index (Phi) is 9.07. The van der Waals surface area contributed by atoms with Crippen molar-refractivity contribution in [2.75, 3.05) is 19.0 Å². The van der Waals surface area contributed by atoms with E-state index in [0.29, 0.717) is 46.4 Å². The molecule has 140 valence electrons. The molecule has 0 atom stereocenters. The van der Waals surface area contributed by atoms with Gasteiger partial charge >= 0.3 is 5.97 Å². The van der Waals surface area contributed by atoms with Gasteiger partial charge in [0.25, 0.3) is 0 Å². The number of rotatable bonds is 10. The van der Waals surface area contributed by atoms with E-state index in [2.05, 4.69) is 10.3 Å². The van der Waals surface area contributed by atoms with E-state index < -0.39 is 5.97 Å². The van der Waals surface area contributed by atoms with E-state index in [9.17, 15) is 14.4 Å². The fraction of sp³-hybridized carbons (Fsp3) is 0.625. The van der Waals surface area contributed by atoms with Crippen molar-refractivity contribution >= 4 is 34.3 Å². The van der Waals surface area contributed by atoms with Crippen LogP contribution in [-0.4, -0.2) is 46.7 Å². The highest BCUT2D eigenvalue weighted by Crippen LogP contribution is 2.23. The molecule has 1 aromatic rings. The third-order valence-corrected chi connectivity index (χ3v) is 4.46. The smallest absolute Gasteiger partial charge is 0.350 e. The minimum atomic E-state index is -0.430.